The Labute approximate surface area is 243 Å². The number of rotatable bonds is 10. The van der Waals surface area contributed by atoms with Gasteiger partial charge in [-0.3, -0.25) is 9.32 Å². The summed E-state index contributed by atoms with van der Waals surface area (Å²) in [4.78, 5) is 31.2. The molecule has 1 saturated carbocycles. The molecule has 1 aliphatic rings. The standard InChI is InChI=1S/C32H43N5O4/c1-32(2,3)25-16-12-24(13-17-25)29-35-31(41-36-29)40-30(39)33-21-28(38)34-26-18-14-23(15-19-26)27(37(4)5)20-11-22-9-7-6-8-10-22/h6-10,12-13,16-17,23,26-27H,11,14-15,18-21H2,1-5H3,(H,33,39)(H,34,38). The van der Waals surface area contributed by atoms with E-state index in [0.717, 1.165) is 44.1 Å². The zero-order valence-electron chi connectivity index (χ0n) is 24.9. The van der Waals surface area contributed by atoms with Crippen LogP contribution in [0.2, 0.25) is 0 Å². The minimum atomic E-state index is -0.825. The largest absolute Gasteiger partial charge is 0.426 e. The van der Waals surface area contributed by atoms with Gasteiger partial charge in [-0.25, -0.2) is 4.79 Å². The predicted molar refractivity (Wildman–Crippen MR) is 159 cm³/mol. The monoisotopic (exact) mass is 561 g/mol. The Hall–Kier alpha value is -3.72. The highest BCUT2D eigenvalue weighted by atomic mass is 16.7. The van der Waals surface area contributed by atoms with Crippen molar-refractivity contribution in [1.29, 1.82) is 0 Å². The molecule has 1 fully saturated rings. The van der Waals surface area contributed by atoms with Crippen LogP contribution in [0.3, 0.4) is 0 Å². The van der Waals surface area contributed by atoms with Gasteiger partial charge in [0.05, 0.1) is 0 Å². The van der Waals surface area contributed by atoms with E-state index in [2.05, 4.69) is 90.9 Å². The first kappa shape index (κ1) is 30.2. The summed E-state index contributed by atoms with van der Waals surface area (Å²) in [6, 6.07) is 19.1. The highest BCUT2D eigenvalue weighted by Gasteiger charge is 2.29. The van der Waals surface area contributed by atoms with Gasteiger partial charge in [-0.15, -0.1) is 0 Å². The fraction of sp³-hybridized carbons (Fsp3) is 0.500. The van der Waals surface area contributed by atoms with Crippen molar-refractivity contribution in [3.8, 4) is 17.5 Å². The summed E-state index contributed by atoms with van der Waals surface area (Å²) >= 11 is 0. The first-order valence-electron chi connectivity index (χ1n) is 14.5. The molecular weight excluding hydrogens is 518 g/mol. The predicted octanol–water partition coefficient (Wildman–Crippen LogP) is 5.36. The van der Waals surface area contributed by atoms with Gasteiger partial charge >= 0.3 is 12.2 Å². The minimum Gasteiger partial charge on any atom is -0.359 e. The van der Waals surface area contributed by atoms with Crippen LogP contribution in [0.15, 0.2) is 59.1 Å². The molecule has 9 nitrogen and oxygen atoms in total. The second kappa shape index (κ2) is 13.8. The molecule has 1 unspecified atom stereocenters. The smallest absolute Gasteiger partial charge is 0.359 e. The van der Waals surface area contributed by atoms with Crippen LogP contribution in [-0.4, -0.2) is 59.8 Å². The highest BCUT2D eigenvalue weighted by molar-refractivity contribution is 5.82. The number of hydrogen-bond donors (Lipinski definition) is 2. The van der Waals surface area contributed by atoms with Gasteiger partial charge in [0.15, 0.2) is 0 Å². The summed E-state index contributed by atoms with van der Waals surface area (Å²) < 4.78 is 10.1. The molecule has 2 N–H and O–H groups in total. The Balaban J connectivity index is 1.17. The van der Waals surface area contributed by atoms with Crippen LogP contribution in [-0.2, 0) is 16.6 Å². The van der Waals surface area contributed by atoms with Crippen molar-refractivity contribution in [2.45, 2.75) is 76.8 Å². The molecule has 0 bridgehead atoms. The van der Waals surface area contributed by atoms with Gasteiger partial charge < -0.3 is 20.3 Å². The second-order valence-electron chi connectivity index (χ2n) is 12.2. The van der Waals surface area contributed by atoms with Gasteiger partial charge in [-0.1, -0.05) is 80.5 Å². The number of carbonyl (C=O) groups excluding carboxylic acids is 2. The molecule has 1 aromatic heterocycles. The zero-order valence-corrected chi connectivity index (χ0v) is 24.9. The van der Waals surface area contributed by atoms with Crippen LogP contribution >= 0.6 is 0 Å². The molecule has 220 valence electrons. The molecule has 0 spiro atoms. The van der Waals surface area contributed by atoms with E-state index in [9.17, 15) is 9.59 Å². The molecule has 2 amide bonds. The number of nitrogens with zero attached hydrogens (tertiary/aromatic N) is 3. The number of ether oxygens (including phenoxy) is 1. The molecule has 0 aliphatic heterocycles. The lowest BCUT2D eigenvalue weighted by atomic mass is 9.79. The molecule has 3 aromatic rings. The van der Waals surface area contributed by atoms with E-state index >= 15 is 0 Å². The topological polar surface area (TPSA) is 110 Å². The normalized spacial score (nSPS) is 18.1. The van der Waals surface area contributed by atoms with Gasteiger partial charge in [0, 0.05) is 17.6 Å². The Morgan fingerprint density at radius 1 is 1.02 bits per heavy atom. The minimum absolute atomic E-state index is 0.0334. The first-order chi connectivity index (χ1) is 19.6. The summed E-state index contributed by atoms with van der Waals surface area (Å²) in [5.74, 6) is 0.674. The molecule has 9 heteroatoms. The number of nitrogens with one attached hydrogen (secondary N) is 2. The van der Waals surface area contributed by atoms with E-state index in [4.69, 9.17) is 9.26 Å². The maximum atomic E-state index is 12.5. The molecule has 0 radical (unpaired) electrons. The Bertz CT molecular complexity index is 1260. The summed E-state index contributed by atoms with van der Waals surface area (Å²) in [7, 11) is 4.32. The van der Waals surface area contributed by atoms with Gasteiger partial charge in [0.1, 0.15) is 6.54 Å². The van der Waals surface area contributed by atoms with Crippen LogP contribution in [0.1, 0.15) is 64.0 Å². The average molecular weight is 562 g/mol. The molecular formula is C32H43N5O4. The number of carbonyl (C=O) groups is 2. The molecule has 0 saturated heterocycles. The second-order valence-corrected chi connectivity index (χ2v) is 12.2. The van der Waals surface area contributed by atoms with Crippen molar-refractivity contribution >= 4 is 12.0 Å². The van der Waals surface area contributed by atoms with E-state index in [1.807, 2.05) is 24.3 Å². The van der Waals surface area contributed by atoms with E-state index in [-0.39, 0.29) is 30.0 Å². The van der Waals surface area contributed by atoms with E-state index in [1.165, 1.54) is 11.1 Å². The van der Waals surface area contributed by atoms with E-state index in [0.29, 0.717) is 17.8 Å². The number of amides is 2. The van der Waals surface area contributed by atoms with Crippen molar-refractivity contribution in [2.75, 3.05) is 20.6 Å². The van der Waals surface area contributed by atoms with Crippen molar-refractivity contribution in [2.24, 2.45) is 5.92 Å². The number of benzene rings is 2. The van der Waals surface area contributed by atoms with Crippen LogP contribution < -0.4 is 15.4 Å². The lowest BCUT2D eigenvalue weighted by Gasteiger charge is -2.37. The van der Waals surface area contributed by atoms with Crippen molar-refractivity contribution in [3.05, 3.63) is 65.7 Å². The van der Waals surface area contributed by atoms with Crippen molar-refractivity contribution in [3.63, 3.8) is 0 Å². The SMILES string of the molecule is CN(C)C(CCc1ccccc1)C1CCC(NC(=O)CNC(=O)Oc2nc(-c3ccc(C(C)(C)C)cc3)no2)CC1. The lowest BCUT2D eigenvalue weighted by Crippen LogP contribution is -2.45. The third kappa shape index (κ3) is 8.88. The third-order valence-electron chi connectivity index (χ3n) is 7.91. The Morgan fingerprint density at radius 3 is 2.34 bits per heavy atom. The summed E-state index contributed by atoms with van der Waals surface area (Å²) in [6.07, 6.45) is 5.07. The van der Waals surface area contributed by atoms with Crippen LogP contribution in [0.4, 0.5) is 4.79 Å². The number of aromatic nitrogens is 2. The van der Waals surface area contributed by atoms with Crippen LogP contribution in [0.25, 0.3) is 11.4 Å². The van der Waals surface area contributed by atoms with E-state index in [1.54, 1.807) is 0 Å². The first-order valence-corrected chi connectivity index (χ1v) is 14.5. The molecule has 1 aliphatic carbocycles. The molecule has 41 heavy (non-hydrogen) atoms. The maximum absolute atomic E-state index is 12.5. The Kier molecular flexibility index (Phi) is 10.2. The van der Waals surface area contributed by atoms with Crippen molar-refractivity contribution < 1.29 is 18.8 Å². The average Bonchev–Trinajstić information content (AvgIpc) is 3.41. The number of hydrogen-bond acceptors (Lipinski definition) is 7. The number of aryl methyl sites for hydroxylation is 1. The van der Waals surface area contributed by atoms with Gasteiger partial charge in [-0.2, -0.15) is 4.98 Å². The fourth-order valence-corrected chi connectivity index (χ4v) is 5.56. The zero-order chi connectivity index (χ0) is 29.4. The van der Waals surface area contributed by atoms with Gasteiger partial charge in [0.2, 0.25) is 11.7 Å². The quantitative estimate of drug-likeness (QED) is 0.343. The molecule has 1 heterocycles. The van der Waals surface area contributed by atoms with E-state index < -0.39 is 6.09 Å². The van der Waals surface area contributed by atoms with Gasteiger partial charge in [-0.05, 0) is 75.1 Å². The molecule has 4 rings (SSSR count). The van der Waals surface area contributed by atoms with Crippen LogP contribution in [0, 0.1) is 5.92 Å². The van der Waals surface area contributed by atoms with Gasteiger partial charge in [0.25, 0.3) is 0 Å². The lowest BCUT2D eigenvalue weighted by molar-refractivity contribution is -0.121. The molecule has 1 atom stereocenters. The molecule has 2 aromatic carbocycles. The maximum Gasteiger partial charge on any atom is 0.426 e. The summed E-state index contributed by atoms with van der Waals surface area (Å²) in [5.41, 5.74) is 3.34. The van der Waals surface area contributed by atoms with Crippen molar-refractivity contribution in [1.82, 2.24) is 25.7 Å². The van der Waals surface area contributed by atoms with Crippen LogP contribution in [0.5, 0.6) is 6.08 Å². The third-order valence-corrected chi connectivity index (χ3v) is 7.91. The highest BCUT2D eigenvalue weighted by Crippen LogP contribution is 2.31. The summed E-state index contributed by atoms with van der Waals surface area (Å²) in [6.45, 7) is 6.23. The fourth-order valence-electron chi connectivity index (χ4n) is 5.56. The Morgan fingerprint density at radius 2 is 1.71 bits per heavy atom. The summed E-state index contributed by atoms with van der Waals surface area (Å²) in [5, 5.41) is 9.40.